The first-order chi connectivity index (χ1) is 8.81. The summed E-state index contributed by atoms with van der Waals surface area (Å²) in [5, 5.41) is 0. The number of rotatable bonds is 5. The van der Waals surface area contributed by atoms with Gasteiger partial charge in [0, 0.05) is 16.6 Å². The van der Waals surface area contributed by atoms with Gasteiger partial charge in [-0.3, -0.25) is 0 Å². The van der Waals surface area contributed by atoms with Crippen molar-refractivity contribution in [2.75, 3.05) is 17.6 Å². The van der Waals surface area contributed by atoms with E-state index in [-0.39, 0.29) is 18.0 Å². The molecule has 0 bridgehead atoms. The van der Waals surface area contributed by atoms with Crippen LogP contribution in [0.1, 0.15) is 30.9 Å². The molecule has 2 rings (SSSR count). The van der Waals surface area contributed by atoms with Crippen molar-refractivity contribution >= 4 is 22.6 Å². The van der Waals surface area contributed by atoms with Crippen LogP contribution in [0.2, 0.25) is 0 Å². The second-order valence-corrected chi connectivity index (χ2v) is 5.37. The van der Waals surface area contributed by atoms with Crippen LogP contribution in [0.15, 0.2) is 24.3 Å². The second kappa shape index (κ2) is 7.40. The zero-order valence-corrected chi connectivity index (χ0v) is 12.4. The summed E-state index contributed by atoms with van der Waals surface area (Å²) in [5.74, 6) is -0.191. The van der Waals surface area contributed by atoms with E-state index in [4.69, 9.17) is 9.47 Å². The number of alkyl halides is 1. The Labute approximate surface area is 121 Å². The molecule has 2 nitrogen and oxygen atoms in total. The molecule has 1 aromatic rings. The molecule has 0 amide bonds. The highest BCUT2D eigenvalue weighted by Crippen LogP contribution is 2.24. The summed E-state index contributed by atoms with van der Waals surface area (Å²) in [6, 6.07) is 6.82. The number of benzene rings is 1. The predicted octanol–water partition coefficient (Wildman–Crippen LogP) is 3.89. The molecule has 1 aliphatic rings. The number of hydrogen-bond donors (Lipinski definition) is 0. The highest BCUT2D eigenvalue weighted by atomic mass is 127. The van der Waals surface area contributed by atoms with Crippen LogP contribution in [0.5, 0.6) is 0 Å². The molecule has 1 saturated heterocycles. The molecule has 2 unspecified atom stereocenters. The summed E-state index contributed by atoms with van der Waals surface area (Å²) < 4.78 is 25.9. The van der Waals surface area contributed by atoms with Gasteiger partial charge >= 0.3 is 0 Å². The summed E-state index contributed by atoms with van der Waals surface area (Å²) in [5.41, 5.74) is 0.641. The molecule has 18 heavy (non-hydrogen) atoms. The van der Waals surface area contributed by atoms with E-state index in [2.05, 4.69) is 22.6 Å². The minimum Gasteiger partial charge on any atom is -0.376 e. The summed E-state index contributed by atoms with van der Waals surface area (Å²) in [7, 11) is 0. The maximum absolute atomic E-state index is 13.7. The molecule has 1 aromatic carbocycles. The van der Waals surface area contributed by atoms with E-state index in [1.54, 1.807) is 12.1 Å². The Kier molecular flexibility index (Phi) is 5.85. The zero-order valence-electron chi connectivity index (χ0n) is 10.3. The molecule has 1 fully saturated rings. The molecule has 0 aromatic heterocycles. The third kappa shape index (κ3) is 3.90. The Morgan fingerprint density at radius 1 is 1.39 bits per heavy atom. The Hall–Kier alpha value is -0.200. The molecular weight excluding hydrogens is 346 g/mol. The fraction of sp³-hybridized carbons (Fsp3) is 0.571. The largest absolute Gasteiger partial charge is 0.376 e. The van der Waals surface area contributed by atoms with Crippen molar-refractivity contribution in [1.82, 2.24) is 0 Å². The number of halogens is 2. The molecule has 0 spiro atoms. The van der Waals surface area contributed by atoms with Crippen molar-refractivity contribution in [2.45, 2.75) is 31.5 Å². The monoisotopic (exact) mass is 364 g/mol. The minimum absolute atomic E-state index is 0.177. The lowest BCUT2D eigenvalue weighted by molar-refractivity contribution is -0.0588. The second-order valence-electron chi connectivity index (χ2n) is 4.49. The Morgan fingerprint density at radius 3 is 2.89 bits per heavy atom. The minimum atomic E-state index is -0.191. The molecular formula is C14H18FIO2. The van der Waals surface area contributed by atoms with Gasteiger partial charge in [0.2, 0.25) is 0 Å². The third-order valence-corrected chi connectivity index (χ3v) is 3.95. The van der Waals surface area contributed by atoms with E-state index in [0.717, 1.165) is 23.9 Å². The molecule has 0 N–H and O–H groups in total. The van der Waals surface area contributed by atoms with Crippen LogP contribution in [-0.4, -0.2) is 23.7 Å². The molecule has 4 heteroatoms. The topological polar surface area (TPSA) is 18.5 Å². The maximum atomic E-state index is 13.7. The van der Waals surface area contributed by atoms with E-state index in [0.29, 0.717) is 12.2 Å². The van der Waals surface area contributed by atoms with Gasteiger partial charge in [0.05, 0.1) is 18.8 Å². The summed E-state index contributed by atoms with van der Waals surface area (Å²) in [6.45, 7) is 1.38. The molecule has 2 atom stereocenters. The van der Waals surface area contributed by atoms with Gasteiger partial charge in [-0.2, -0.15) is 0 Å². The van der Waals surface area contributed by atoms with Gasteiger partial charge in [-0.15, -0.1) is 0 Å². The van der Waals surface area contributed by atoms with Crippen molar-refractivity contribution in [3.05, 3.63) is 35.6 Å². The average molecular weight is 364 g/mol. The van der Waals surface area contributed by atoms with E-state index in [9.17, 15) is 4.39 Å². The Balaban J connectivity index is 1.91. The molecule has 1 heterocycles. The van der Waals surface area contributed by atoms with Crippen LogP contribution in [0.3, 0.4) is 0 Å². The van der Waals surface area contributed by atoms with Gasteiger partial charge in [-0.1, -0.05) is 40.8 Å². The Morgan fingerprint density at radius 2 is 2.22 bits per heavy atom. The van der Waals surface area contributed by atoms with E-state index < -0.39 is 0 Å². The average Bonchev–Trinajstić information content (AvgIpc) is 2.42. The zero-order chi connectivity index (χ0) is 12.8. The van der Waals surface area contributed by atoms with Crippen molar-refractivity contribution in [1.29, 1.82) is 0 Å². The highest BCUT2D eigenvalue weighted by Gasteiger charge is 2.19. The first-order valence-electron chi connectivity index (χ1n) is 6.35. The van der Waals surface area contributed by atoms with Gasteiger partial charge in [-0.05, 0) is 25.3 Å². The van der Waals surface area contributed by atoms with Crippen molar-refractivity contribution in [3.8, 4) is 0 Å². The molecule has 0 saturated carbocycles. The first-order valence-corrected chi connectivity index (χ1v) is 7.87. The van der Waals surface area contributed by atoms with E-state index in [1.807, 2.05) is 6.07 Å². The molecule has 0 aliphatic carbocycles. The normalized spacial score (nSPS) is 21.8. The predicted molar refractivity (Wildman–Crippen MR) is 77.6 cm³/mol. The lowest BCUT2D eigenvalue weighted by Crippen LogP contribution is -2.25. The van der Waals surface area contributed by atoms with Crippen LogP contribution in [0.4, 0.5) is 4.39 Å². The molecule has 100 valence electrons. The smallest absolute Gasteiger partial charge is 0.129 e. The molecule has 0 radical (unpaired) electrons. The van der Waals surface area contributed by atoms with Crippen LogP contribution >= 0.6 is 22.6 Å². The molecule has 1 aliphatic heterocycles. The van der Waals surface area contributed by atoms with Crippen LogP contribution < -0.4 is 0 Å². The third-order valence-electron chi connectivity index (χ3n) is 3.15. The SMILES string of the molecule is Fc1ccccc1C(CI)OCC1CCCCO1. The standard InChI is InChI=1S/C14H18FIO2/c15-13-7-2-1-6-12(13)14(9-16)18-10-11-5-3-4-8-17-11/h1-2,6-7,11,14H,3-5,8-10H2. The van der Waals surface area contributed by atoms with Crippen LogP contribution in [-0.2, 0) is 9.47 Å². The first kappa shape index (κ1) is 14.2. The van der Waals surface area contributed by atoms with Crippen molar-refractivity contribution in [3.63, 3.8) is 0 Å². The van der Waals surface area contributed by atoms with Crippen molar-refractivity contribution < 1.29 is 13.9 Å². The van der Waals surface area contributed by atoms with E-state index >= 15 is 0 Å². The fourth-order valence-corrected chi connectivity index (χ4v) is 2.84. The summed E-state index contributed by atoms with van der Waals surface area (Å²) in [4.78, 5) is 0. The Bertz CT molecular complexity index is 367. The van der Waals surface area contributed by atoms with Gasteiger partial charge < -0.3 is 9.47 Å². The van der Waals surface area contributed by atoms with Gasteiger partial charge in [0.25, 0.3) is 0 Å². The lowest BCUT2D eigenvalue weighted by Gasteiger charge is -2.25. The van der Waals surface area contributed by atoms with E-state index in [1.165, 1.54) is 12.5 Å². The van der Waals surface area contributed by atoms with Gasteiger partial charge in [0.1, 0.15) is 5.82 Å². The summed E-state index contributed by atoms with van der Waals surface area (Å²) in [6.07, 6.45) is 3.38. The van der Waals surface area contributed by atoms with Crippen LogP contribution in [0, 0.1) is 5.82 Å². The fourth-order valence-electron chi connectivity index (χ4n) is 2.12. The van der Waals surface area contributed by atoms with Crippen molar-refractivity contribution in [2.24, 2.45) is 0 Å². The quantitative estimate of drug-likeness (QED) is 0.583. The number of ether oxygens (including phenoxy) is 2. The maximum Gasteiger partial charge on any atom is 0.129 e. The summed E-state index contributed by atoms with van der Waals surface area (Å²) >= 11 is 2.23. The lowest BCUT2D eigenvalue weighted by atomic mass is 10.1. The number of hydrogen-bond acceptors (Lipinski definition) is 2. The van der Waals surface area contributed by atoms with Gasteiger partial charge in [0.15, 0.2) is 0 Å². The van der Waals surface area contributed by atoms with Crippen LogP contribution in [0.25, 0.3) is 0 Å². The highest BCUT2D eigenvalue weighted by molar-refractivity contribution is 14.1. The van der Waals surface area contributed by atoms with Gasteiger partial charge in [-0.25, -0.2) is 4.39 Å².